The maximum Gasteiger partial charge on any atom is 0.288 e. The minimum atomic E-state index is -0.134. The van der Waals surface area contributed by atoms with Gasteiger partial charge in [0.25, 0.3) is 11.8 Å². The monoisotopic (exact) mass is 364 g/mol. The highest BCUT2D eigenvalue weighted by molar-refractivity contribution is 5.98. The number of hydrogen-bond acceptors (Lipinski definition) is 4. The molecule has 3 N–H and O–H groups in total. The summed E-state index contributed by atoms with van der Waals surface area (Å²) in [5.74, 6) is -0.194. The largest absolute Gasteiger partial charge is 0.351 e. The third-order valence-electron chi connectivity index (χ3n) is 5.29. The van der Waals surface area contributed by atoms with Gasteiger partial charge in [-0.05, 0) is 18.6 Å². The number of hydrogen-bond donors (Lipinski definition) is 3. The molecule has 0 aliphatic carbocycles. The van der Waals surface area contributed by atoms with Crippen molar-refractivity contribution < 1.29 is 9.59 Å². The number of aromatic nitrogens is 3. The lowest BCUT2D eigenvalue weighted by Gasteiger charge is -2.27. The lowest BCUT2D eigenvalue weighted by atomic mass is 10.0. The second-order valence-corrected chi connectivity index (χ2v) is 6.99. The molecule has 138 valence electrons. The topological polar surface area (TPSA) is 97.1 Å². The van der Waals surface area contributed by atoms with Crippen molar-refractivity contribution in [1.82, 2.24) is 30.5 Å². The molecule has 1 saturated heterocycles. The molecule has 1 fully saturated rings. The van der Waals surface area contributed by atoms with Gasteiger partial charge in [0, 0.05) is 48.2 Å². The molecule has 8 nitrogen and oxygen atoms in total. The van der Waals surface area contributed by atoms with Gasteiger partial charge in [0.15, 0.2) is 5.69 Å². The number of hydrazine groups is 1. The first kappa shape index (κ1) is 16.1. The van der Waals surface area contributed by atoms with E-state index in [4.69, 9.17) is 0 Å². The van der Waals surface area contributed by atoms with Crippen LogP contribution in [0.1, 0.15) is 38.7 Å². The molecule has 8 heteroatoms. The van der Waals surface area contributed by atoms with Crippen molar-refractivity contribution in [3.63, 3.8) is 0 Å². The van der Waals surface area contributed by atoms with Crippen LogP contribution < -0.4 is 5.43 Å². The van der Waals surface area contributed by atoms with E-state index in [0.29, 0.717) is 37.4 Å². The van der Waals surface area contributed by atoms with E-state index in [9.17, 15) is 9.59 Å². The van der Waals surface area contributed by atoms with Gasteiger partial charge in [-0.1, -0.05) is 18.2 Å². The molecule has 0 saturated carbocycles. The molecule has 0 bridgehead atoms. The summed E-state index contributed by atoms with van der Waals surface area (Å²) in [4.78, 5) is 30.7. The van der Waals surface area contributed by atoms with Gasteiger partial charge in [0.05, 0.1) is 6.54 Å². The van der Waals surface area contributed by atoms with Crippen molar-refractivity contribution in [1.29, 1.82) is 0 Å². The van der Waals surface area contributed by atoms with E-state index in [1.54, 1.807) is 9.91 Å². The SMILES string of the molecule is O=C(c1cc2ccccc2[nH]1)N1CCc2[nH]nc(C(=O)N3CCCN3)c2C1. The van der Waals surface area contributed by atoms with Crippen LogP contribution >= 0.6 is 0 Å². The van der Waals surface area contributed by atoms with Gasteiger partial charge in [-0.3, -0.25) is 19.7 Å². The minimum Gasteiger partial charge on any atom is -0.351 e. The summed E-state index contributed by atoms with van der Waals surface area (Å²) in [5, 5.41) is 9.84. The smallest absolute Gasteiger partial charge is 0.288 e. The normalized spacial score (nSPS) is 16.7. The number of nitrogens with zero attached hydrogens (tertiary/aromatic N) is 3. The quantitative estimate of drug-likeness (QED) is 0.641. The first-order chi connectivity index (χ1) is 13.2. The summed E-state index contributed by atoms with van der Waals surface area (Å²) < 4.78 is 0. The van der Waals surface area contributed by atoms with E-state index in [2.05, 4.69) is 20.6 Å². The number of nitrogens with one attached hydrogen (secondary N) is 3. The van der Waals surface area contributed by atoms with Crippen molar-refractivity contribution in [2.24, 2.45) is 0 Å². The first-order valence-corrected chi connectivity index (χ1v) is 9.19. The predicted octanol–water partition coefficient (Wildman–Crippen LogP) is 1.44. The Kier molecular flexibility index (Phi) is 3.71. The summed E-state index contributed by atoms with van der Waals surface area (Å²) in [6, 6.07) is 9.70. The molecule has 0 atom stereocenters. The van der Waals surface area contributed by atoms with Crippen molar-refractivity contribution in [3.8, 4) is 0 Å². The molecular weight excluding hydrogens is 344 g/mol. The van der Waals surface area contributed by atoms with Crippen LogP contribution in [0.25, 0.3) is 10.9 Å². The summed E-state index contributed by atoms with van der Waals surface area (Å²) in [7, 11) is 0. The fraction of sp³-hybridized carbons (Fsp3) is 0.316. The summed E-state index contributed by atoms with van der Waals surface area (Å²) in [5.41, 5.74) is 6.76. The van der Waals surface area contributed by atoms with E-state index in [-0.39, 0.29) is 11.8 Å². The van der Waals surface area contributed by atoms with Crippen molar-refractivity contribution in [2.75, 3.05) is 19.6 Å². The molecule has 3 aromatic rings. The number of H-pyrrole nitrogens is 2. The summed E-state index contributed by atoms with van der Waals surface area (Å²) in [6.07, 6.45) is 1.60. The Morgan fingerprint density at radius 3 is 2.81 bits per heavy atom. The molecule has 27 heavy (non-hydrogen) atoms. The number of amides is 2. The Hall–Kier alpha value is -3.13. The zero-order valence-electron chi connectivity index (χ0n) is 14.8. The van der Waals surface area contributed by atoms with Crippen LogP contribution in [0, 0.1) is 0 Å². The standard InChI is InChI=1S/C19H20N6O2/c26-18(16-10-12-4-1-2-5-14(12)21-16)24-9-6-15-13(11-24)17(23-22-15)19(27)25-8-3-7-20-25/h1-2,4-5,10,20-21H,3,6-9,11H2,(H,22,23). The second-order valence-electron chi connectivity index (χ2n) is 6.99. The van der Waals surface area contributed by atoms with Gasteiger partial charge in [0.1, 0.15) is 5.69 Å². The van der Waals surface area contributed by atoms with Crippen LogP contribution in [0.4, 0.5) is 0 Å². The number of aromatic amines is 2. The van der Waals surface area contributed by atoms with Crippen LogP contribution in [0.15, 0.2) is 30.3 Å². The number of rotatable bonds is 2. The average molecular weight is 364 g/mol. The van der Waals surface area contributed by atoms with Crippen LogP contribution in [-0.2, 0) is 13.0 Å². The molecule has 2 aromatic heterocycles. The fourth-order valence-corrected chi connectivity index (χ4v) is 3.84. The Morgan fingerprint density at radius 1 is 1.11 bits per heavy atom. The minimum absolute atomic E-state index is 0.0595. The van der Waals surface area contributed by atoms with Crippen LogP contribution in [0.3, 0.4) is 0 Å². The van der Waals surface area contributed by atoms with Gasteiger partial charge >= 0.3 is 0 Å². The molecule has 0 spiro atoms. The molecule has 0 unspecified atom stereocenters. The van der Waals surface area contributed by atoms with Gasteiger partial charge < -0.3 is 9.88 Å². The Balaban J connectivity index is 1.41. The van der Waals surface area contributed by atoms with Gasteiger partial charge in [-0.25, -0.2) is 5.43 Å². The number of carbonyl (C=O) groups excluding carboxylic acids is 2. The third kappa shape index (κ3) is 2.69. The van der Waals surface area contributed by atoms with E-state index < -0.39 is 0 Å². The highest BCUT2D eigenvalue weighted by Gasteiger charge is 2.31. The first-order valence-electron chi connectivity index (χ1n) is 9.19. The summed E-state index contributed by atoms with van der Waals surface area (Å²) in [6.45, 7) is 2.45. The zero-order valence-corrected chi connectivity index (χ0v) is 14.8. The Labute approximate surface area is 155 Å². The van der Waals surface area contributed by atoms with E-state index in [1.165, 1.54) is 0 Å². The predicted molar refractivity (Wildman–Crippen MR) is 99.0 cm³/mol. The average Bonchev–Trinajstić information content (AvgIpc) is 3.45. The number of benzene rings is 1. The molecule has 2 amide bonds. The lowest BCUT2D eigenvalue weighted by Crippen LogP contribution is -2.39. The van der Waals surface area contributed by atoms with Crippen molar-refractivity contribution in [2.45, 2.75) is 19.4 Å². The van der Waals surface area contributed by atoms with Gasteiger partial charge in [-0.15, -0.1) is 0 Å². The molecule has 1 aromatic carbocycles. The molecule has 0 radical (unpaired) electrons. The highest BCUT2D eigenvalue weighted by atomic mass is 16.2. The number of carbonyl (C=O) groups is 2. The van der Waals surface area contributed by atoms with Gasteiger partial charge in [0.2, 0.25) is 0 Å². The Morgan fingerprint density at radius 2 is 2.00 bits per heavy atom. The van der Waals surface area contributed by atoms with E-state index in [0.717, 1.165) is 35.1 Å². The fourth-order valence-electron chi connectivity index (χ4n) is 3.84. The molecule has 4 heterocycles. The zero-order chi connectivity index (χ0) is 18.4. The third-order valence-corrected chi connectivity index (χ3v) is 5.29. The molecule has 2 aliphatic rings. The lowest BCUT2D eigenvalue weighted by molar-refractivity contribution is 0.0696. The van der Waals surface area contributed by atoms with Crippen LogP contribution in [0.2, 0.25) is 0 Å². The number of fused-ring (bicyclic) bond motifs is 2. The molecule has 2 aliphatic heterocycles. The van der Waals surface area contributed by atoms with Crippen molar-refractivity contribution in [3.05, 3.63) is 53.0 Å². The van der Waals surface area contributed by atoms with Crippen LogP contribution in [0.5, 0.6) is 0 Å². The Bertz CT molecular complexity index is 997. The van der Waals surface area contributed by atoms with Crippen LogP contribution in [-0.4, -0.2) is 56.5 Å². The van der Waals surface area contributed by atoms with E-state index in [1.807, 2.05) is 30.3 Å². The highest BCUT2D eigenvalue weighted by Crippen LogP contribution is 2.24. The molecular formula is C19H20N6O2. The maximum absolute atomic E-state index is 13.0. The van der Waals surface area contributed by atoms with Gasteiger partial charge in [-0.2, -0.15) is 5.10 Å². The van der Waals surface area contributed by atoms with Crippen molar-refractivity contribution >= 4 is 22.7 Å². The molecule has 5 rings (SSSR count). The second kappa shape index (κ2) is 6.24. The summed E-state index contributed by atoms with van der Waals surface area (Å²) >= 11 is 0. The maximum atomic E-state index is 13.0. The number of para-hydroxylation sites is 1. The van der Waals surface area contributed by atoms with E-state index >= 15 is 0 Å².